The lowest BCUT2D eigenvalue weighted by Gasteiger charge is -2.19. The molecule has 3 aromatic rings. The molecule has 0 N–H and O–H groups in total. The van der Waals surface area contributed by atoms with Crippen molar-refractivity contribution in [3.05, 3.63) is 53.4 Å². The Kier molecular flexibility index (Phi) is 4.97. The summed E-state index contributed by atoms with van der Waals surface area (Å²) < 4.78 is 16.0. The monoisotopic (exact) mass is 474 g/mol. The highest BCUT2D eigenvalue weighted by Crippen LogP contribution is 2.35. The van der Waals surface area contributed by atoms with Crippen molar-refractivity contribution >= 4 is 17.5 Å². The van der Waals surface area contributed by atoms with E-state index in [-0.39, 0.29) is 24.2 Å². The molecule has 11 heteroatoms. The number of hydrogen-bond donors (Lipinski definition) is 0. The van der Waals surface area contributed by atoms with Crippen LogP contribution in [0.1, 0.15) is 23.4 Å². The number of amides is 2. The molecule has 2 aromatic carbocycles. The van der Waals surface area contributed by atoms with Crippen molar-refractivity contribution in [2.24, 2.45) is 10.3 Å². The highest BCUT2D eigenvalue weighted by molar-refractivity contribution is 6.25. The molecule has 0 unspecified atom stereocenters. The Labute approximate surface area is 200 Å². The second-order valence-electron chi connectivity index (χ2n) is 8.59. The molecule has 2 aliphatic heterocycles. The Morgan fingerprint density at radius 3 is 2.66 bits per heavy atom. The van der Waals surface area contributed by atoms with Crippen LogP contribution in [0, 0.1) is 0 Å². The van der Waals surface area contributed by atoms with Crippen LogP contribution in [0.15, 0.2) is 51.3 Å². The molecule has 11 nitrogen and oxygen atoms in total. The van der Waals surface area contributed by atoms with Gasteiger partial charge in [-0.25, -0.2) is 4.90 Å². The van der Waals surface area contributed by atoms with Crippen LogP contribution in [0.25, 0.3) is 11.4 Å². The van der Waals surface area contributed by atoms with Crippen molar-refractivity contribution in [3.63, 3.8) is 0 Å². The topological polar surface area (TPSA) is 123 Å². The Morgan fingerprint density at radius 2 is 1.83 bits per heavy atom. The highest BCUT2D eigenvalue weighted by Gasteiger charge is 2.55. The van der Waals surface area contributed by atoms with Gasteiger partial charge in [0.2, 0.25) is 11.7 Å². The molecule has 1 aromatic heterocycles. The molecule has 0 bridgehead atoms. The number of imide groups is 1. The minimum absolute atomic E-state index is 0.0437. The Balaban J connectivity index is 1.21. The molecule has 1 aliphatic carbocycles. The van der Waals surface area contributed by atoms with Gasteiger partial charge in [-0.15, -0.1) is 0 Å². The van der Waals surface area contributed by atoms with Crippen molar-refractivity contribution in [3.8, 4) is 22.9 Å². The lowest BCUT2D eigenvalue weighted by Crippen LogP contribution is -2.39. The highest BCUT2D eigenvalue weighted by atomic mass is 16.5. The zero-order valence-electron chi connectivity index (χ0n) is 19.2. The molecule has 0 saturated carbocycles. The predicted molar refractivity (Wildman–Crippen MR) is 122 cm³/mol. The molecule has 3 aliphatic rings. The molecular weight excluding hydrogens is 452 g/mol. The lowest BCUT2D eigenvalue weighted by atomic mass is 10.1. The average molecular weight is 474 g/mol. The second kappa shape index (κ2) is 8.19. The molecule has 0 radical (unpaired) electrons. The molecule has 1 fully saturated rings. The van der Waals surface area contributed by atoms with Gasteiger partial charge in [-0.2, -0.15) is 10.1 Å². The predicted octanol–water partition coefficient (Wildman–Crippen LogP) is 2.74. The van der Waals surface area contributed by atoms with Gasteiger partial charge in [0.05, 0.1) is 19.9 Å². The van der Waals surface area contributed by atoms with E-state index in [4.69, 9.17) is 14.0 Å². The van der Waals surface area contributed by atoms with E-state index in [1.807, 2.05) is 18.2 Å². The van der Waals surface area contributed by atoms with Crippen LogP contribution < -0.4 is 14.4 Å². The number of methoxy groups -OCH3 is 2. The fourth-order valence-corrected chi connectivity index (χ4v) is 4.86. The van der Waals surface area contributed by atoms with Gasteiger partial charge in [-0.05, 0) is 60.7 Å². The van der Waals surface area contributed by atoms with Gasteiger partial charge in [0.1, 0.15) is 6.54 Å². The summed E-state index contributed by atoms with van der Waals surface area (Å²) in [7, 11) is 3.10. The van der Waals surface area contributed by atoms with E-state index in [1.54, 1.807) is 32.4 Å². The summed E-state index contributed by atoms with van der Waals surface area (Å²) >= 11 is 0. The number of hydrogen-bond acceptors (Lipinski definition) is 10. The third-order valence-electron chi connectivity index (χ3n) is 6.61. The van der Waals surface area contributed by atoms with Crippen LogP contribution >= 0.6 is 0 Å². The van der Waals surface area contributed by atoms with Crippen LogP contribution in [-0.2, 0) is 29.0 Å². The molecule has 2 atom stereocenters. The number of carbonyl (C=O) groups excluding carboxylic acids is 2. The third kappa shape index (κ3) is 3.42. The van der Waals surface area contributed by atoms with Crippen molar-refractivity contribution in [2.45, 2.75) is 37.9 Å². The third-order valence-corrected chi connectivity index (χ3v) is 6.61. The van der Waals surface area contributed by atoms with E-state index in [1.165, 1.54) is 21.0 Å². The molecule has 178 valence electrons. The normalized spacial score (nSPS) is 20.5. The molecule has 35 heavy (non-hydrogen) atoms. The first-order valence-corrected chi connectivity index (χ1v) is 11.3. The quantitative estimate of drug-likeness (QED) is 0.500. The molecule has 1 saturated heterocycles. The number of aromatic nitrogens is 2. The van der Waals surface area contributed by atoms with E-state index in [0.717, 1.165) is 19.3 Å². The summed E-state index contributed by atoms with van der Waals surface area (Å²) in [6.45, 7) is 0.0437. The van der Waals surface area contributed by atoms with Crippen LogP contribution in [0.5, 0.6) is 11.5 Å². The van der Waals surface area contributed by atoms with E-state index in [2.05, 4.69) is 20.5 Å². The van der Waals surface area contributed by atoms with Crippen molar-refractivity contribution in [1.29, 1.82) is 0 Å². The minimum Gasteiger partial charge on any atom is -0.493 e. The first-order valence-electron chi connectivity index (χ1n) is 11.3. The van der Waals surface area contributed by atoms with Gasteiger partial charge >= 0.3 is 0 Å². The largest absolute Gasteiger partial charge is 0.493 e. The maximum absolute atomic E-state index is 13.3. The Morgan fingerprint density at radius 1 is 1.00 bits per heavy atom. The summed E-state index contributed by atoms with van der Waals surface area (Å²) in [5.74, 6) is 0.978. The summed E-state index contributed by atoms with van der Waals surface area (Å²) in [5, 5.41) is 13.6. The molecule has 0 spiro atoms. The number of anilines is 1. The van der Waals surface area contributed by atoms with Crippen molar-refractivity contribution in [2.75, 3.05) is 19.1 Å². The number of fused-ring (bicyclic) bond motifs is 2. The maximum Gasteiger partial charge on any atom is 0.263 e. The van der Waals surface area contributed by atoms with Crippen molar-refractivity contribution < 1.29 is 23.6 Å². The molecule has 2 amide bonds. The van der Waals surface area contributed by atoms with Crippen LogP contribution in [0.4, 0.5) is 5.69 Å². The molecular formula is C24H22N6O5. The van der Waals surface area contributed by atoms with Gasteiger partial charge < -0.3 is 14.0 Å². The summed E-state index contributed by atoms with van der Waals surface area (Å²) in [6, 6.07) is 9.32. The fraction of sp³-hybridized carbons (Fsp3) is 0.333. The fourth-order valence-electron chi connectivity index (χ4n) is 4.86. The van der Waals surface area contributed by atoms with Crippen LogP contribution in [-0.4, -0.2) is 53.3 Å². The van der Waals surface area contributed by atoms with Gasteiger partial charge in [-0.1, -0.05) is 16.4 Å². The lowest BCUT2D eigenvalue weighted by molar-refractivity contribution is -0.123. The Hall–Kier alpha value is -4.28. The zero-order valence-corrected chi connectivity index (χ0v) is 19.2. The second-order valence-corrected chi connectivity index (χ2v) is 8.59. The first-order chi connectivity index (χ1) is 17.1. The smallest absolute Gasteiger partial charge is 0.263 e. The van der Waals surface area contributed by atoms with Gasteiger partial charge in [0.15, 0.2) is 23.6 Å². The number of benzene rings is 2. The van der Waals surface area contributed by atoms with E-state index >= 15 is 0 Å². The molecule has 3 heterocycles. The minimum atomic E-state index is -0.885. The summed E-state index contributed by atoms with van der Waals surface area (Å²) in [4.78, 5) is 32.0. The van der Waals surface area contributed by atoms with Crippen molar-refractivity contribution in [1.82, 2.24) is 15.1 Å². The standard InChI is InChI=1S/C24H22N6O5/c1-33-17-9-7-15(11-18(17)34-2)22-25-19(35-27-22)12-29-21-20(26-28-29)23(31)30(24(21)32)16-8-6-13-4-3-5-14(13)10-16/h6-11,20-21H,3-5,12H2,1-2H3/t20-,21+/m1/s1. The van der Waals surface area contributed by atoms with Gasteiger partial charge in [0.25, 0.3) is 11.8 Å². The van der Waals surface area contributed by atoms with Crippen LogP contribution in [0.2, 0.25) is 0 Å². The number of aryl methyl sites for hydroxylation is 2. The Bertz CT molecular complexity index is 1370. The number of rotatable bonds is 6. The van der Waals surface area contributed by atoms with Crippen LogP contribution in [0.3, 0.4) is 0 Å². The van der Waals surface area contributed by atoms with E-state index in [0.29, 0.717) is 28.6 Å². The van der Waals surface area contributed by atoms with E-state index < -0.39 is 12.1 Å². The number of carbonyl (C=O) groups is 2. The SMILES string of the molecule is COc1ccc(-c2noc(CN3N=N[C@H]4C(=O)N(c5ccc6c(c5)CCC6)C(=O)[C@H]43)n2)cc1OC. The zero-order chi connectivity index (χ0) is 24.1. The number of nitrogens with zero attached hydrogens (tertiary/aromatic N) is 6. The molecule has 6 rings (SSSR count). The summed E-state index contributed by atoms with van der Waals surface area (Å²) in [5.41, 5.74) is 3.72. The number of ether oxygens (including phenoxy) is 2. The van der Waals surface area contributed by atoms with Gasteiger partial charge in [0, 0.05) is 5.56 Å². The van der Waals surface area contributed by atoms with Gasteiger partial charge in [-0.3, -0.25) is 14.6 Å². The van der Waals surface area contributed by atoms with E-state index in [9.17, 15) is 9.59 Å². The first kappa shape index (κ1) is 21.3. The summed E-state index contributed by atoms with van der Waals surface area (Å²) in [6.07, 6.45) is 3.07. The average Bonchev–Trinajstić information content (AvgIpc) is 3.66. The maximum atomic E-state index is 13.3.